The van der Waals surface area contributed by atoms with Crippen molar-refractivity contribution in [3.05, 3.63) is 0 Å². The van der Waals surface area contributed by atoms with Crippen LogP contribution in [0.25, 0.3) is 0 Å². The molecule has 1 amide bonds. The van der Waals surface area contributed by atoms with Gasteiger partial charge in [-0.3, -0.25) is 9.59 Å². The van der Waals surface area contributed by atoms with Gasteiger partial charge in [0, 0.05) is 25.9 Å². The maximum atomic E-state index is 12.7. The van der Waals surface area contributed by atoms with Gasteiger partial charge in [-0.1, -0.05) is 111 Å². The number of hydrogen-bond acceptors (Lipinski definition) is 3. The first-order chi connectivity index (χ1) is 16.2. The van der Waals surface area contributed by atoms with Crippen molar-refractivity contribution in [1.29, 1.82) is 0 Å². The van der Waals surface area contributed by atoms with Gasteiger partial charge < -0.3 is 9.64 Å². The Labute approximate surface area is 206 Å². The number of carbonyl (C=O) groups is 2. The van der Waals surface area contributed by atoms with E-state index in [0.717, 1.165) is 51.6 Å². The molecule has 0 spiro atoms. The van der Waals surface area contributed by atoms with E-state index in [1.54, 1.807) is 0 Å². The van der Waals surface area contributed by atoms with Gasteiger partial charge in [0.2, 0.25) is 5.91 Å². The average Bonchev–Trinajstić information content (AvgIpc) is 2.81. The van der Waals surface area contributed by atoms with E-state index in [-0.39, 0.29) is 11.9 Å². The summed E-state index contributed by atoms with van der Waals surface area (Å²) in [5.74, 6) is 0.170. The molecule has 0 unspecified atom stereocenters. The lowest BCUT2D eigenvalue weighted by molar-refractivity contribution is -0.144. The van der Waals surface area contributed by atoms with E-state index in [1.165, 1.54) is 83.5 Å². The fraction of sp³-hybridized carbons (Fsp3) is 0.931. The quantitative estimate of drug-likeness (QED) is 0.0997. The summed E-state index contributed by atoms with van der Waals surface area (Å²) in [4.78, 5) is 26.7. The first kappa shape index (κ1) is 31.9. The molecule has 0 atom stereocenters. The molecule has 0 aliphatic carbocycles. The molecular formula is C29H57NO3. The Morgan fingerprint density at radius 1 is 0.515 bits per heavy atom. The minimum absolute atomic E-state index is 0.0991. The highest BCUT2D eigenvalue weighted by molar-refractivity contribution is 5.76. The predicted molar refractivity (Wildman–Crippen MR) is 142 cm³/mol. The van der Waals surface area contributed by atoms with Crippen LogP contribution in [0.5, 0.6) is 0 Å². The van der Waals surface area contributed by atoms with Crippen molar-refractivity contribution < 1.29 is 14.3 Å². The molecule has 0 bridgehead atoms. The summed E-state index contributed by atoms with van der Waals surface area (Å²) in [5, 5.41) is 0. The maximum absolute atomic E-state index is 12.7. The molecule has 0 saturated carbocycles. The SMILES string of the molecule is CCCCCCCCCCCOC(=O)CCCCC(=O)N(CCCCCC)CCCCCC. The number of ether oxygens (including phenoxy) is 1. The van der Waals surface area contributed by atoms with Crippen LogP contribution in [-0.2, 0) is 14.3 Å². The van der Waals surface area contributed by atoms with Crippen molar-refractivity contribution in [3.8, 4) is 0 Å². The lowest BCUT2D eigenvalue weighted by Crippen LogP contribution is -2.32. The van der Waals surface area contributed by atoms with Gasteiger partial charge in [-0.25, -0.2) is 0 Å². The minimum Gasteiger partial charge on any atom is -0.466 e. The van der Waals surface area contributed by atoms with Crippen LogP contribution in [0.1, 0.15) is 156 Å². The molecule has 0 N–H and O–H groups in total. The highest BCUT2D eigenvalue weighted by atomic mass is 16.5. The van der Waals surface area contributed by atoms with Crippen LogP contribution in [-0.4, -0.2) is 36.5 Å². The third kappa shape index (κ3) is 22.5. The number of carbonyl (C=O) groups excluding carboxylic acids is 2. The Morgan fingerprint density at radius 3 is 1.45 bits per heavy atom. The van der Waals surface area contributed by atoms with Gasteiger partial charge in [-0.05, 0) is 32.1 Å². The summed E-state index contributed by atoms with van der Waals surface area (Å²) in [6, 6.07) is 0. The van der Waals surface area contributed by atoms with Crippen LogP contribution in [0, 0.1) is 0 Å². The zero-order valence-corrected chi connectivity index (χ0v) is 22.6. The van der Waals surface area contributed by atoms with E-state index in [4.69, 9.17) is 4.74 Å². The topological polar surface area (TPSA) is 46.6 Å². The second-order valence-corrected chi connectivity index (χ2v) is 9.76. The van der Waals surface area contributed by atoms with Gasteiger partial charge in [0.25, 0.3) is 0 Å². The molecule has 0 radical (unpaired) electrons. The first-order valence-corrected chi connectivity index (χ1v) is 14.6. The molecular weight excluding hydrogens is 410 g/mol. The van der Waals surface area contributed by atoms with Crippen molar-refractivity contribution in [2.24, 2.45) is 0 Å². The van der Waals surface area contributed by atoms with E-state index in [9.17, 15) is 9.59 Å². The molecule has 0 saturated heterocycles. The summed E-state index contributed by atoms with van der Waals surface area (Å²) < 4.78 is 5.37. The van der Waals surface area contributed by atoms with Crippen molar-refractivity contribution in [2.45, 2.75) is 156 Å². The standard InChI is InChI=1S/C29H57NO3/c1-4-7-10-13-14-15-16-17-22-27-33-29(32)24-19-18-23-28(31)30(25-20-11-8-5-2)26-21-12-9-6-3/h4-27H2,1-3H3. The van der Waals surface area contributed by atoms with Crippen LogP contribution >= 0.6 is 0 Å². The number of nitrogens with zero attached hydrogens (tertiary/aromatic N) is 1. The largest absolute Gasteiger partial charge is 0.466 e. The van der Waals surface area contributed by atoms with Gasteiger partial charge in [0.15, 0.2) is 0 Å². The van der Waals surface area contributed by atoms with Crippen LogP contribution < -0.4 is 0 Å². The Morgan fingerprint density at radius 2 is 0.939 bits per heavy atom. The average molecular weight is 468 g/mol. The third-order valence-corrected chi connectivity index (χ3v) is 6.45. The van der Waals surface area contributed by atoms with Crippen molar-refractivity contribution in [3.63, 3.8) is 0 Å². The van der Waals surface area contributed by atoms with Gasteiger partial charge in [0.1, 0.15) is 0 Å². The first-order valence-electron chi connectivity index (χ1n) is 14.6. The van der Waals surface area contributed by atoms with E-state index in [1.807, 2.05) is 0 Å². The molecule has 0 rings (SSSR count). The molecule has 0 aromatic heterocycles. The predicted octanol–water partition coefficient (Wildman–Crippen LogP) is 8.61. The summed E-state index contributed by atoms with van der Waals surface area (Å²) in [6.07, 6.45) is 23.5. The van der Waals surface area contributed by atoms with Gasteiger partial charge in [0.05, 0.1) is 6.61 Å². The molecule has 196 valence electrons. The van der Waals surface area contributed by atoms with Crippen molar-refractivity contribution in [1.82, 2.24) is 4.90 Å². The maximum Gasteiger partial charge on any atom is 0.305 e. The summed E-state index contributed by atoms with van der Waals surface area (Å²) >= 11 is 0. The fourth-order valence-corrected chi connectivity index (χ4v) is 4.19. The van der Waals surface area contributed by atoms with E-state index >= 15 is 0 Å². The Balaban J connectivity index is 3.81. The van der Waals surface area contributed by atoms with Crippen molar-refractivity contribution in [2.75, 3.05) is 19.7 Å². The number of esters is 1. The van der Waals surface area contributed by atoms with E-state index < -0.39 is 0 Å². The molecule has 0 heterocycles. The second-order valence-electron chi connectivity index (χ2n) is 9.76. The lowest BCUT2D eigenvalue weighted by Gasteiger charge is -2.23. The number of unbranched alkanes of at least 4 members (excludes halogenated alkanes) is 15. The van der Waals surface area contributed by atoms with Gasteiger partial charge in [-0.2, -0.15) is 0 Å². The minimum atomic E-state index is -0.0991. The Kier molecular flexibility index (Phi) is 24.7. The molecule has 0 aromatic rings. The third-order valence-electron chi connectivity index (χ3n) is 6.45. The molecule has 4 heteroatoms. The van der Waals surface area contributed by atoms with Gasteiger partial charge >= 0.3 is 5.97 Å². The van der Waals surface area contributed by atoms with Crippen molar-refractivity contribution >= 4 is 11.9 Å². The Bertz CT molecular complexity index is 427. The normalized spacial score (nSPS) is 11.0. The fourth-order valence-electron chi connectivity index (χ4n) is 4.19. The Hall–Kier alpha value is -1.06. The number of rotatable bonds is 25. The monoisotopic (exact) mass is 467 g/mol. The molecule has 0 aromatic carbocycles. The summed E-state index contributed by atoms with van der Waals surface area (Å²) in [5.41, 5.74) is 0. The zero-order chi connectivity index (χ0) is 24.4. The molecule has 0 aliphatic heterocycles. The smallest absolute Gasteiger partial charge is 0.305 e. The van der Waals surface area contributed by atoms with E-state index in [0.29, 0.717) is 19.4 Å². The zero-order valence-electron chi connectivity index (χ0n) is 22.6. The molecule has 0 aliphatic rings. The summed E-state index contributed by atoms with van der Waals surface area (Å²) in [7, 11) is 0. The molecule has 0 fully saturated rings. The second kappa shape index (κ2) is 25.6. The van der Waals surface area contributed by atoms with E-state index in [2.05, 4.69) is 25.7 Å². The van der Waals surface area contributed by atoms with Crippen LogP contribution in [0.15, 0.2) is 0 Å². The van der Waals surface area contributed by atoms with Crippen LogP contribution in [0.4, 0.5) is 0 Å². The highest BCUT2D eigenvalue weighted by Crippen LogP contribution is 2.11. The lowest BCUT2D eigenvalue weighted by atomic mass is 10.1. The number of hydrogen-bond donors (Lipinski definition) is 0. The summed E-state index contributed by atoms with van der Waals surface area (Å²) in [6.45, 7) is 9.03. The molecule has 33 heavy (non-hydrogen) atoms. The highest BCUT2D eigenvalue weighted by Gasteiger charge is 2.13. The number of amides is 1. The van der Waals surface area contributed by atoms with Crippen LogP contribution in [0.3, 0.4) is 0 Å². The van der Waals surface area contributed by atoms with Gasteiger partial charge in [-0.15, -0.1) is 0 Å². The van der Waals surface area contributed by atoms with Crippen LogP contribution in [0.2, 0.25) is 0 Å². The molecule has 4 nitrogen and oxygen atoms in total.